The van der Waals surface area contributed by atoms with Gasteiger partial charge in [0, 0.05) is 18.5 Å². The third-order valence-electron chi connectivity index (χ3n) is 3.30. The maximum absolute atomic E-state index is 12.0. The lowest BCUT2D eigenvalue weighted by Gasteiger charge is -2.14. The Morgan fingerprint density at radius 2 is 1.95 bits per heavy atom. The summed E-state index contributed by atoms with van der Waals surface area (Å²) in [6.45, 7) is 4.00. The van der Waals surface area contributed by atoms with Gasteiger partial charge >= 0.3 is 0 Å². The third-order valence-corrected chi connectivity index (χ3v) is 3.30. The Balaban J connectivity index is 2.11. The Kier molecular flexibility index (Phi) is 4.35. The van der Waals surface area contributed by atoms with Crippen molar-refractivity contribution in [3.8, 4) is 0 Å². The number of pyridine rings is 1. The number of hydrogen-bond donors (Lipinski definition) is 2. The molecule has 4 heteroatoms. The highest BCUT2D eigenvalue weighted by atomic mass is 16.2. The monoisotopic (exact) mass is 270 g/mol. The molecule has 1 heterocycles. The molecule has 4 nitrogen and oxygen atoms in total. The van der Waals surface area contributed by atoms with Gasteiger partial charge in [0.1, 0.15) is 5.56 Å². The average molecular weight is 270 g/mol. The Morgan fingerprint density at radius 1 is 1.25 bits per heavy atom. The van der Waals surface area contributed by atoms with Crippen LogP contribution in [-0.4, -0.2) is 10.9 Å². The average Bonchev–Trinajstić information content (AvgIpc) is 2.47. The lowest BCUT2D eigenvalue weighted by Crippen LogP contribution is -2.30. The molecule has 0 bridgehead atoms. The summed E-state index contributed by atoms with van der Waals surface area (Å²) in [5.74, 6) is -0.362. The molecule has 2 aromatic rings. The number of benzene rings is 1. The number of aromatic amines is 1. The topological polar surface area (TPSA) is 62.0 Å². The highest BCUT2D eigenvalue weighted by molar-refractivity contribution is 5.93. The fourth-order valence-electron chi connectivity index (χ4n) is 1.99. The van der Waals surface area contributed by atoms with Crippen LogP contribution in [0.25, 0.3) is 0 Å². The number of aromatic nitrogens is 1. The Hall–Kier alpha value is -2.36. The molecule has 1 amide bonds. The summed E-state index contributed by atoms with van der Waals surface area (Å²) in [7, 11) is 0. The predicted molar refractivity (Wildman–Crippen MR) is 78.8 cm³/mol. The first-order valence-electron chi connectivity index (χ1n) is 6.68. The standard InChI is InChI=1S/C16H18N2O2/c1-3-12-4-6-13(7-5-12)11(2)18-16(20)14-10-17-9-8-15(14)19/h4-11H,3H2,1-2H3,(H,17,19)(H,18,20). The van der Waals surface area contributed by atoms with E-state index in [1.807, 2.05) is 31.2 Å². The molecule has 0 fully saturated rings. The molecule has 0 spiro atoms. The van der Waals surface area contributed by atoms with Crippen molar-refractivity contribution in [1.82, 2.24) is 10.3 Å². The van der Waals surface area contributed by atoms with Gasteiger partial charge in [0.2, 0.25) is 0 Å². The molecule has 0 aliphatic heterocycles. The summed E-state index contributed by atoms with van der Waals surface area (Å²) in [6, 6.07) is 9.29. The second-order valence-electron chi connectivity index (χ2n) is 4.71. The van der Waals surface area contributed by atoms with Gasteiger partial charge in [-0.2, -0.15) is 0 Å². The van der Waals surface area contributed by atoms with Crippen molar-refractivity contribution in [1.29, 1.82) is 0 Å². The van der Waals surface area contributed by atoms with Crippen LogP contribution < -0.4 is 10.7 Å². The van der Waals surface area contributed by atoms with Gasteiger partial charge in [-0.05, 0) is 24.5 Å². The van der Waals surface area contributed by atoms with Gasteiger partial charge in [0.25, 0.3) is 5.91 Å². The van der Waals surface area contributed by atoms with Crippen LogP contribution >= 0.6 is 0 Å². The van der Waals surface area contributed by atoms with Crippen molar-refractivity contribution >= 4 is 5.91 Å². The highest BCUT2D eigenvalue weighted by Crippen LogP contribution is 2.14. The Morgan fingerprint density at radius 3 is 2.55 bits per heavy atom. The van der Waals surface area contributed by atoms with E-state index in [2.05, 4.69) is 17.2 Å². The van der Waals surface area contributed by atoms with E-state index in [1.54, 1.807) is 0 Å². The number of carbonyl (C=O) groups is 1. The van der Waals surface area contributed by atoms with Gasteiger partial charge in [-0.1, -0.05) is 31.2 Å². The summed E-state index contributed by atoms with van der Waals surface area (Å²) < 4.78 is 0. The zero-order chi connectivity index (χ0) is 14.5. The molecule has 0 saturated heterocycles. The quantitative estimate of drug-likeness (QED) is 0.896. The molecular weight excluding hydrogens is 252 g/mol. The normalized spacial score (nSPS) is 11.9. The van der Waals surface area contributed by atoms with Crippen LogP contribution in [0.5, 0.6) is 0 Å². The van der Waals surface area contributed by atoms with Crippen LogP contribution in [0, 0.1) is 0 Å². The number of nitrogens with one attached hydrogen (secondary N) is 2. The molecule has 0 radical (unpaired) electrons. The number of aryl methyl sites for hydroxylation is 1. The van der Waals surface area contributed by atoms with Crippen molar-refractivity contribution in [3.05, 3.63) is 69.6 Å². The lowest BCUT2D eigenvalue weighted by molar-refractivity contribution is 0.0938. The molecule has 1 aromatic heterocycles. The van der Waals surface area contributed by atoms with Crippen molar-refractivity contribution in [2.45, 2.75) is 26.3 Å². The molecule has 1 unspecified atom stereocenters. The van der Waals surface area contributed by atoms with E-state index in [-0.39, 0.29) is 22.9 Å². The third kappa shape index (κ3) is 3.15. The largest absolute Gasteiger partial charge is 0.367 e. The van der Waals surface area contributed by atoms with Crippen LogP contribution in [-0.2, 0) is 6.42 Å². The summed E-state index contributed by atoms with van der Waals surface area (Å²) in [5, 5.41) is 2.83. The van der Waals surface area contributed by atoms with E-state index >= 15 is 0 Å². The minimum atomic E-state index is -0.362. The summed E-state index contributed by atoms with van der Waals surface area (Å²) in [5.41, 5.74) is 2.12. The first-order valence-corrected chi connectivity index (χ1v) is 6.68. The SMILES string of the molecule is CCc1ccc(C(C)NC(=O)c2c[nH]ccc2=O)cc1. The molecule has 0 aliphatic rings. The smallest absolute Gasteiger partial charge is 0.257 e. The zero-order valence-electron chi connectivity index (χ0n) is 11.6. The molecular formula is C16H18N2O2. The van der Waals surface area contributed by atoms with Crippen molar-refractivity contribution in [2.75, 3.05) is 0 Å². The molecule has 104 valence electrons. The van der Waals surface area contributed by atoms with Crippen LogP contribution in [0.15, 0.2) is 47.5 Å². The number of H-pyrrole nitrogens is 1. The predicted octanol–water partition coefficient (Wildman–Crippen LogP) is 2.43. The van der Waals surface area contributed by atoms with E-state index in [9.17, 15) is 9.59 Å². The lowest BCUT2D eigenvalue weighted by atomic mass is 10.0. The minimum absolute atomic E-state index is 0.129. The van der Waals surface area contributed by atoms with Gasteiger partial charge in [-0.15, -0.1) is 0 Å². The second kappa shape index (κ2) is 6.19. The summed E-state index contributed by atoms with van der Waals surface area (Å²) in [6.07, 6.45) is 3.91. The number of amides is 1. The van der Waals surface area contributed by atoms with E-state index in [0.29, 0.717) is 0 Å². The number of rotatable bonds is 4. The van der Waals surface area contributed by atoms with Crippen LogP contribution in [0.2, 0.25) is 0 Å². The summed E-state index contributed by atoms with van der Waals surface area (Å²) in [4.78, 5) is 26.4. The van der Waals surface area contributed by atoms with Gasteiger partial charge in [-0.3, -0.25) is 9.59 Å². The van der Waals surface area contributed by atoms with E-state index < -0.39 is 0 Å². The molecule has 2 N–H and O–H groups in total. The summed E-state index contributed by atoms with van der Waals surface area (Å²) >= 11 is 0. The van der Waals surface area contributed by atoms with Crippen LogP contribution in [0.4, 0.5) is 0 Å². The maximum Gasteiger partial charge on any atom is 0.257 e. The minimum Gasteiger partial charge on any atom is -0.367 e. The van der Waals surface area contributed by atoms with Gasteiger partial charge in [-0.25, -0.2) is 0 Å². The second-order valence-corrected chi connectivity index (χ2v) is 4.71. The Labute approximate surface area is 117 Å². The zero-order valence-corrected chi connectivity index (χ0v) is 11.6. The van der Waals surface area contributed by atoms with Crippen molar-refractivity contribution in [3.63, 3.8) is 0 Å². The van der Waals surface area contributed by atoms with E-state index in [4.69, 9.17) is 0 Å². The number of carbonyl (C=O) groups excluding carboxylic acids is 1. The van der Waals surface area contributed by atoms with Gasteiger partial charge in [0.05, 0.1) is 6.04 Å². The molecule has 1 aromatic carbocycles. The van der Waals surface area contributed by atoms with E-state index in [1.165, 1.54) is 24.0 Å². The fourth-order valence-corrected chi connectivity index (χ4v) is 1.99. The van der Waals surface area contributed by atoms with Crippen molar-refractivity contribution in [2.24, 2.45) is 0 Å². The highest BCUT2D eigenvalue weighted by Gasteiger charge is 2.13. The molecule has 20 heavy (non-hydrogen) atoms. The van der Waals surface area contributed by atoms with Gasteiger partial charge < -0.3 is 10.3 Å². The molecule has 0 saturated carbocycles. The fraction of sp³-hybridized carbons (Fsp3) is 0.250. The first-order chi connectivity index (χ1) is 9.61. The first kappa shape index (κ1) is 14.1. The Bertz CT molecular complexity index is 644. The molecule has 2 rings (SSSR count). The molecule has 0 aliphatic carbocycles. The van der Waals surface area contributed by atoms with Crippen molar-refractivity contribution < 1.29 is 4.79 Å². The van der Waals surface area contributed by atoms with Crippen LogP contribution in [0.3, 0.4) is 0 Å². The van der Waals surface area contributed by atoms with Crippen LogP contribution in [0.1, 0.15) is 41.4 Å². The van der Waals surface area contributed by atoms with Gasteiger partial charge in [0.15, 0.2) is 5.43 Å². The number of hydrogen-bond acceptors (Lipinski definition) is 2. The van der Waals surface area contributed by atoms with E-state index in [0.717, 1.165) is 12.0 Å². The molecule has 1 atom stereocenters. The maximum atomic E-state index is 12.0.